The summed E-state index contributed by atoms with van der Waals surface area (Å²) in [5.74, 6) is -1.23. The summed E-state index contributed by atoms with van der Waals surface area (Å²) in [6, 6.07) is 20.2. The van der Waals surface area contributed by atoms with Crippen LogP contribution in [0.15, 0.2) is 60.7 Å². The molecule has 1 amide bonds. The molecule has 4 aromatic rings. The van der Waals surface area contributed by atoms with E-state index in [0.717, 1.165) is 10.8 Å². The maximum absolute atomic E-state index is 12.6. The number of aliphatic carboxylic acids is 1. The smallest absolute Gasteiger partial charge is 0.310 e. The zero-order valence-electron chi connectivity index (χ0n) is 18.5. The number of aromatic hydroxyl groups is 1. The lowest BCUT2D eigenvalue weighted by molar-refractivity contribution is -0.146. The fourth-order valence-electron chi connectivity index (χ4n) is 3.41. The average Bonchev–Trinajstić information content (AvgIpc) is 2.82. The summed E-state index contributed by atoms with van der Waals surface area (Å²) < 4.78 is 5.96. The van der Waals surface area contributed by atoms with Crippen LogP contribution < -0.4 is 10.1 Å². The number of ether oxygens (including phenoxy) is 1. The van der Waals surface area contributed by atoms with Crippen molar-refractivity contribution in [2.75, 3.05) is 6.54 Å². The highest BCUT2D eigenvalue weighted by molar-refractivity contribution is 6.03. The van der Waals surface area contributed by atoms with E-state index >= 15 is 0 Å². The summed E-state index contributed by atoms with van der Waals surface area (Å²) in [4.78, 5) is 27.9. The van der Waals surface area contributed by atoms with Crippen LogP contribution in [-0.2, 0) is 4.79 Å². The van der Waals surface area contributed by atoms with E-state index in [4.69, 9.17) is 4.74 Å². The molecule has 0 atom stereocenters. The van der Waals surface area contributed by atoms with Crippen molar-refractivity contribution in [1.82, 2.24) is 10.3 Å². The molecule has 0 unspecified atom stereocenters. The van der Waals surface area contributed by atoms with Crippen LogP contribution in [0, 0.1) is 16.7 Å². The van der Waals surface area contributed by atoms with Gasteiger partial charge in [-0.1, -0.05) is 30.3 Å². The number of benzene rings is 3. The predicted octanol–water partition coefficient (Wildman–Crippen LogP) is 4.60. The molecule has 0 saturated heterocycles. The van der Waals surface area contributed by atoms with Crippen molar-refractivity contribution < 1.29 is 24.5 Å². The van der Waals surface area contributed by atoms with Gasteiger partial charge in [0.1, 0.15) is 23.3 Å². The molecule has 0 aliphatic carbocycles. The molecule has 0 saturated carbocycles. The molecule has 3 aromatic carbocycles. The maximum Gasteiger partial charge on any atom is 0.310 e. The molecule has 4 rings (SSSR count). The first-order valence-electron chi connectivity index (χ1n) is 10.4. The number of fused-ring (bicyclic) bond motifs is 2. The number of amides is 1. The van der Waals surface area contributed by atoms with E-state index in [1.54, 1.807) is 18.2 Å². The molecule has 170 valence electrons. The van der Waals surface area contributed by atoms with Crippen LogP contribution in [0.4, 0.5) is 0 Å². The Morgan fingerprint density at radius 3 is 2.41 bits per heavy atom. The van der Waals surface area contributed by atoms with Gasteiger partial charge in [-0.2, -0.15) is 5.26 Å². The number of hydrogen-bond donors (Lipinski definition) is 3. The lowest BCUT2D eigenvalue weighted by Crippen LogP contribution is -2.39. The van der Waals surface area contributed by atoms with Gasteiger partial charge in [0.05, 0.1) is 5.41 Å². The zero-order valence-corrected chi connectivity index (χ0v) is 18.5. The van der Waals surface area contributed by atoms with Gasteiger partial charge in [-0.3, -0.25) is 9.59 Å². The molecule has 8 nitrogen and oxygen atoms in total. The number of carbonyl (C=O) groups is 2. The zero-order chi connectivity index (χ0) is 24.5. The number of carboxylic acid groups (broad SMARTS) is 1. The lowest BCUT2D eigenvalue weighted by Gasteiger charge is -2.19. The molecule has 3 N–H and O–H groups in total. The number of nitrogens with zero attached hydrogens (tertiary/aromatic N) is 2. The average molecular weight is 455 g/mol. The van der Waals surface area contributed by atoms with Crippen LogP contribution in [0.2, 0.25) is 0 Å². The highest BCUT2D eigenvalue weighted by Gasteiger charge is 2.29. The maximum atomic E-state index is 12.6. The largest absolute Gasteiger partial charge is 0.505 e. The number of pyridine rings is 1. The summed E-state index contributed by atoms with van der Waals surface area (Å²) in [6.45, 7) is 2.74. The summed E-state index contributed by atoms with van der Waals surface area (Å²) in [6.07, 6.45) is 0. The molecule has 34 heavy (non-hydrogen) atoms. The van der Waals surface area contributed by atoms with Crippen molar-refractivity contribution in [3.05, 3.63) is 72.1 Å². The fraction of sp³-hybridized carbons (Fsp3) is 0.154. The summed E-state index contributed by atoms with van der Waals surface area (Å²) >= 11 is 0. The predicted molar refractivity (Wildman–Crippen MR) is 126 cm³/mol. The molecule has 0 aliphatic heterocycles. The minimum Gasteiger partial charge on any atom is -0.505 e. The van der Waals surface area contributed by atoms with Crippen molar-refractivity contribution >= 4 is 33.4 Å². The van der Waals surface area contributed by atoms with Gasteiger partial charge in [-0.25, -0.2) is 4.98 Å². The van der Waals surface area contributed by atoms with Gasteiger partial charge in [-0.05, 0) is 55.0 Å². The molecule has 0 spiro atoms. The van der Waals surface area contributed by atoms with Crippen molar-refractivity contribution in [3.8, 4) is 23.3 Å². The third-order valence-corrected chi connectivity index (χ3v) is 5.50. The third kappa shape index (κ3) is 4.32. The molecular weight excluding hydrogens is 434 g/mol. The van der Waals surface area contributed by atoms with Crippen LogP contribution in [0.1, 0.15) is 30.0 Å². The molecule has 8 heteroatoms. The summed E-state index contributed by atoms with van der Waals surface area (Å²) in [7, 11) is 0. The van der Waals surface area contributed by atoms with E-state index < -0.39 is 23.0 Å². The standard InChI is InChI=1S/C26H21N3O5/c1-26(2,25(32)33)14-28-24(31)22-23(30)19-10-9-18(12-20(19)21(13-27)29-22)34-17-8-7-15-5-3-4-6-16(15)11-17/h3-12,30H,14H2,1-2H3,(H,28,31)(H,32,33). The highest BCUT2D eigenvalue weighted by atomic mass is 16.5. The second kappa shape index (κ2) is 8.71. The van der Waals surface area contributed by atoms with Crippen LogP contribution in [0.5, 0.6) is 17.2 Å². The summed E-state index contributed by atoms with van der Waals surface area (Å²) in [5.41, 5.74) is -1.64. The van der Waals surface area contributed by atoms with E-state index in [2.05, 4.69) is 10.3 Å². The topological polar surface area (TPSA) is 133 Å². The van der Waals surface area contributed by atoms with Crippen LogP contribution >= 0.6 is 0 Å². The van der Waals surface area contributed by atoms with Crippen LogP contribution in [-0.4, -0.2) is 33.6 Å². The number of rotatable bonds is 6. The van der Waals surface area contributed by atoms with Gasteiger partial charge in [0.2, 0.25) is 0 Å². The van der Waals surface area contributed by atoms with Crippen molar-refractivity contribution in [1.29, 1.82) is 5.26 Å². The molecular formula is C26H21N3O5. The second-order valence-electron chi connectivity index (χ2n) is 8.46. The Bertz CT molecular complexity index is 1490. The summed E-state index contributed by atoms with van der Waals surface area (Å²) in [5, 5.41) is 34.6. The Labute approximate surface area is 195 Å². The van der Waals surface area contributed by atoms with E-state index in [-0.39, 0.29) is 23.3 Å². The molecule has 1 heterocycles. The molecule has 0 bridgehead atoms. The lowest BCUT2D eigenvalue weighted by atomic mass is 9.94. The van der Waals surface area contributed by atoms with Gasteiger partial charge in [-0.15, -0.1) is 0 Å². The first kappa shape index (κ1) is 22.6. The number of aromatic nitrogens is 1. The van der Waals surface area contributed by atoms with Gasteiger partial charge in [0, 0.05) is 17.3 Å². The Morgan fingerprint density at radius 1 is 1.03 bits per heavy atom. The Balaban J connectivity index is 1.66. The fourth-order valence-corrected chi connectivity index (χ4v) is 3.41. The number of carboxylic acids is 1. The molecule has 1 aromatic heterocycles. The van der Waals surface area contributed by atoms with E-state index in [0.29, 0.717) is 16.9 Å². The van der Waals surface area contributed by atoms with Gasteiger partial charge >= 0.3 is 5.97 Å². The molecule has 0 radical (unpaired) electrons. The first-order chi connectivity index (χ1) is 16.2. The van der Waals surface area contributed by atoms with Crippen LogP contribution in [0.25, 0.3) is 21.5 Å². The number of hydrogen-bond acceptors (Lipinski definition) is 6. The Morgan fingerprint density at radius 2 is 1.71 bits per heavy atom. The van der Waals surface area contributed by atoms with E-state index in [1.807, 2.05) is 48.5 Å². The SMILES string of the molecule is CC(C)(CNC(=O)c1nc(C#N)c2cc(Oc3ccc4ccccc4c3)ccc2c1O)C(=O)O. The van der Waals surface area contributed by atoms with Gasteiger partial charge in [0.25, 0.3) is 5.91 Å². The highest BCUT2D eigenvalue weighted by Crippen LogP contribution is 2.34. The van der Waals surface area contributed by atoms with E-state index in [9.17, 15) is 25.1 Å². The molecule has 0 fully saturated rings. The minimum absolute atomic E-state index is 0.0700. The minimum atomic E-state index is -1.21. The van der Waals surface area contributed by atoms with Gasteiger partial charge < -0.3 is 20.3 Å². The van der Waals surface area contributed by atoms with Crippen molar-refractivity contribution in [2.24, 2.45) is 5.41 Å². The first-order valence-corrected chi connectivity index (χ1v) is 10.4. The van der Waals surface area contributed by atoms with Crippen molar-refractivity contribution in [3.63, 3.8) is 0 Å². The third-order valence-electron chi connectivity index (χ3n) is 5.50. The second-order valence-corrected chi connectivity index (χ2v) is 8.46. The number of nitriles is 1. The van der Waals surface area contributed by atoms with Crippen molar-refractivity contribution in [2.45, 2.75) is 13.8 Å². The van der Waals surface area contributed by atoms with Crippen LogP contribution in [0.3, 0.4) is 0 Å². The quantitative estimate of drug-likeness (QED) is 0.387. The monoisotopic (exact) mass is 455 g/mol. The number of carbonyl (C=O) groups excluding carboxylic acids is 1. The van der Waals surface area contributed by atoms with E-state index in [1.165, 1.54) is 13.8 Å². The Kier molecular flexibility index (Phi) is 5.78. The number of nitrogens with one attached hydrogen (secondary N) is 1. The Hall–Kier alpha value is -4.64. The normalized spacial score (nSPS) is 11.2. The molecule has 0 aliphatic rings. The van der Waals surface area contributed by atoms with Gasteiger partial charge in [0.15, 0.2) is 11.4 Å².